The Morgan fingerprint density at radius 2 is 2.14 bits per heavy atom. The number of rotatable bonds is 3. The second kappa shape index (κ2) is 5.15. The molecule has 0 saturated heterocycles. The van der Waals surface area contributed by atoms with E-state index in [1.54, 1.807) is 11.3 Å². The van der Waals surface area contributed by atoms with Crippen LogP contribution in [0.15, 0.2) is 11.4 Å². The molecule has 1 aliphatic carbocycles. The van der Waals surface area contributed by atoms with Crippen LogP contribution < -0.4 is 5.32 Å². The monoisotopic (exact) mass is 229 g/mol. The minimum atomic E-state index is 0.724. The van der Waals surface area contributed by atoms with Gasteiger partial charge in [-0.05, 0) is 24.3 Å². The van der Waals surface area contributed by atoms with E-state index in [2.05, 4.69) is 10.7 Å². The number of nitrogens with one attached hydrogen (secondary N) is 1. The second-order valence-corrected chi connectivity index (χ2v) is 5.32. The van der Waals surface area contributed by atoms with Crippen molar-refractivity contribution in [3.63, 3.8) is 0 Å². The Bertz CT molecular complexity index is 279. The molecule has 78 valence electrons. The van der Waals surface area contributed by atoms with Crippen LogP contribution in [0.2, 0.25) is 5.02 Å². The zero-order valence-electron chi connectivity index (χ0n) is 8.26. The van der Waals surface area contributed by atoms with Crippen LogP contribution in [0, 0.1) is 0 Å². The Hall–Kier alpha value is -0.0500. The largest absolute Gasteiger partial charge is 0.309 e. The van der Waals surface area contributed by atoms with Gasteiger partial charge in [0.25, 0.3) is 0 Å². The smallest absolute Gasteiger partial charge is 0.0558 e. The summed E-state index contributed by atoms with van der Waals surface area (Å²) in [5.74, 6) is 0. The molecule has 1 saturated carbocycles. The van der Waals surface area contributed by atoms with Crippen LogP contribution in [0.25, 0.3) is 0 Å². The molecule has 0 aliphatic heterocycles. The Morgan fingerprint density at radius 1 is 1.36 bits per heavy atom. The standard InChI is InChI=1S/C11H16ClNS/c12-10-6-7-14-11(10)8-13-9-4-2-1-3-5-9/h6-7,9,13H,1-5,8H2. The Morgan fingerprint density at radius 3 is 2.79 bits per heavy atom. The third-order valence-electron chi connectivity index (χ3n) is 2.85. The molecule has 14 heavy (non-hydrogen) atoms. The average molecular weight is 230 g/mol. The van der Waals surface area contributed by atoms with Crippen molar-refractivity contribution in [2.75, 3.05) is 0 Å². The number of thiophene rings is 1. The van der Waals surface area contributed by atoms with E-state index >= 15 is 0 Å². The predicted molar refractivity (Wildman–Crippen MR) is 63.0 cm³/mol. The first-order valence-electron chi connectivity index (χ1n) is 5.31. The molecule has 1 fully saturated rings. The first-order chi connectivity index (χ1) is 6.86. The number of hydrogen-bond acceptors (Lipinski definition) is 2. The molecular weight excluding hydrogens is 214 g/mol. The molecular formula is C11H16ClNS. The van der Waals surface area contributed by atoms with E-state index in [-0.39, 0.29) is 0 Å². The molecule has 1 N–H and O–H groups in total. The van der Waals surface area contributed by atoms with Crippen molar-refractivity contribution in [2.45, 2.75) is 44.7 Å². The highest BCUT2D eigenvalue weighted by Crippen LogP contribution is 2.23. The van der Waals surface area contributed by atoms with Gasteiger partial charge in [-0.3, -0.25) is 0 Å². The highest BCUT2D eigenvalue weighted by molar-refractivity contribution is 7.10. The van der Waals surface area contributed by atoms with E-state index in [0.717, 1.165) is 17.6 Å². The van der Waals surface area contributed by atoms with E-state index in [9.17, 15) is 0 Å². The molecule has 0 radical (unpaired) electrons. The normalized spacial score (nSPS) is 18.6. The van der Waals surface area contributed by atoms with Crippen LogP contribution >= 0.6 is 22.9 Å². The molecule has 0 atom stereocenters. The first kappa shape index (κ1) is 10.5. The minimum absolute atomic E-state index is 0.724. The molecule has 0 aromatic carbocycles. The van der Waals surface area contributed by atoms with Gasteiger partial charge in [0.05, 0.1) is 5.02 Å². The van der Waals surface area contributed by atoms with Crippen molar-refractivity contribution >= 4 is 22.9 Å². The third kappa shape index (κ3) is 2.72. The lowest BCUT2D eigenvalue weighted by molar-refractivity contribution is 0.373. The zero-order chi connectivity index (χ0) is 9.80. The van der Waals surface area contributed by atoms with Gasteiger partial charge in [0.15, 0.2) is 0 Å². The summed E-state index contributed by atoms with van der Waals surface area (Å²) in [5.41, 5.74) is 0. The summed E-state index contributed by atoms with van der Waals surface area (Å²) < 4.78 is 0. The SMILES string of the molecule is Clc1ccsc1CNC1CCCCC1. The molecule has 0 unspecified atom stereocenters. The molecule has 1 nitrogen and oxygen atoms in total. The third-order valence-corrected chi connectivity index (χ3v) is 4.23. The van der Waals surface area contributed by atoms with Gasteiger partial charge >= 0.3 is 0 Å². The van der Waals surface area contributed by atoms with E-state index in [0.29, 0.717) is 0 Å². The van der Waals surface area contributed by atoms with E-state index in [1.165, 1.54) is 37.0 Å². The van der Waals surface area contributed by atoms with Gasteiger partial charge in [0, 0.05) is 17.5 Å². The van der Waals surface area contributed by atoms with Crippen LogP contribution in [0.1, 0.15) is 37.0 Å². The molecule has 1 aromatic heterocycles. The van der Waals surface area contributed by atoms with Gasteiger partial charge < -0.3 is 5.32 Å². The van der Waals surface area contributed by atoms with Crippen molar-refractivity contribution in [2.24, 2.45) is 0 Å². The molecule has 3 heteroatoms. The molecule has 0 amide bonds. The summed E-state index contributed by atoms with van der Waals surface area (Å²) in [4.78, 5) is 1.28. The maximum Gasteiger partial charge on any atom is 0.0558 e. The predicted octanol–water partition coefficient (Wildman–Crippen LogP) is 3.82. The van der Waals surface area contributed by atoms with Crippen LogP contribution in [0.5, 0.6) is 0 Å². The van der Waals surface area contributed by atoms with Crippen LogP contribution in [0.4, 0.5) is 0 Å². The van der Waals surface area contributed by atoms with Gasteiger partial charge in [-0.2, -0.15) is 0 Å². The lowest BCUT2D eigenvalue weighted by Gasteiger charge is -2.22. The van der Waals surface area contributed by atoms with Gasteiger partial charge in [-0.15, -0.1) is 11.3 Å². The summed E-state index contributed by atoms with van der Waals surface area (Å²) in [6.07, 6.45) is 6.86. The van der Waals surface area contributed by atoms with Gasteiger partial charge in [-0.1, -0.05) is 30.9 Å². The van der Waals surface area contributed by atoms with Crippen molar-refractivity contribution in [3.8, 4) is 0 Å². The Balaban J connectivity index is 1.79. The number of hydrogen-bond donors (Lipinski definition) is 1. The summed E-state index contributed by atoms with van der Waals surface area (Å²) >= 11 is 7.77. The topological polar surface area (TPSA) is 12.0 Å². The second-order valence-electron chi connectivity index (χ2n) is 3.91. The molecule has 1 heterocycles. The van der Waals surface area contributed by atoms with E-state index in [1.807, 2.05) is 6.07 Å². The van der Waals surface area contributed by atoms with Crippen LogP contribution in [0.3, 0.4) is 0 Å². The highest BCUT2D eigenvalue weighted by atomic mass is 35.5. The van der Waals surface area contributed by atoms with Gasteiger partial charge in [0.1, 0.15) is 0 Å². The fourth-order valence-electron chi connectivity index (χ4n) is 1.99. The number of halogens is 1. The minimum Gasteiger partial charge on any atom is -0.309 e. The molecule has 1 aromatic rings. The van der Waals surface area contributed by atoms with Crippen molar-refractivity contribution < 1.29 is 0 Å². The Kier molecular flexibility index (Phi) is 3.85. The van der Waals surface area contributed by atoms with E-state index in [4.69, 9.17) is 11.6 Å². The lowest BCUT2D eigenvalue weighted by atomic mass is 9.95. The Labute approximate surface area is 94.5 Å². The fourth-order valence-corrected chi connectivity index (χ4v) is 3.05. The van der Waals surface area contributed by atoms with Gasteiger partial charge in [-0.25, -0.2) is 0 Å². The summed E-state index contributed by atoms with van der Waals surface area (Å²) in [6, 6.07) is 2.70. The maximum atomic E-state index is 6.03. The average Bonchev–Trinajstić information content (AvgIpc) is 2.63. The van der Waals surface area contributed by atoms with Crippen LogP contribution in [-0.2, 0) is 6.54 Å². The van der Waals surface area contributed by atoms with E-state index < -0.39 is 0 Å². The lowest BCUT2D eigenvalue weighted by Crippen LogP contribution is -2.30. The summed E-state index contributed by atoms with van der Waals surface area (Å²) in [5, 5.41) is 6.56. The maximum absolute atomic E-state index is 6.03. The molecule has 0 spiro atoms. The molecule has 2 rings (SSSR count). The first-order valence-corrected chi connectivity index (χ1v) is 6.57. The molecule has 1 aliphatic rings. The van der Waals surface area contributed by atoms with Gasteiger partial charge in [0.2, 0.25) is 0 Å². The zero-order valence-corrected chi connectivity index (χ0v) is 9.83. The molecule has 0 bridgehead atoms. The van der Waals surface area contributed by atoms with Crippen molar-refractivity contribution in [1.82, 2.24) is 5.32 Å². The highest BCUT2D eigenvalue weighted by Gasteiger charge is 2.13. The summed E-state index contributed by atoms with van der Waals surface area (Å²) in [6.45, 7) is 0.946. The van der Waals surface area contributed by atoms with Crippen molar-refractivity contribution in [3.05, 3.63) is 21.3 Å². The van der Waals surface area contributed by atoms with Crippen LogP contribution in [-0.4, -0.2) is 6.04 Å². The fraction of sp³-hybridized carbons (Fsp3) is 0.636. The van der Waals surface area contributed by atoms with Crippen molar-refractivity contribution in [1.29, 1.82) is 0 Å². The summed E-state index contributed by atoms with van der Waals surface area (Å²) in [7, 11) is 0. The quantitative estimate of drug-likeness (QED) is 0.831.